The summed E-state index contributed by atoms with van der Waals surface area (Å²) >= 11 is 0. The Hall–Kier alpha value is -2.37. The molecule has 0 saturated heterocycles. The number of hydrogen-bond acceptors (Lipinski definition) is 4. The van der Waals surface area contributed by atoms with Crippen molar-refractivity contribution >= 4 is 23.5 Å². The van der Waals surface area contributed by atoms with Gasteiger partial charge in [0.05, 0.1) is 11.3 Å². The fourth-order valence-electron chi connectivity index (χ4n) is 1.32. The van der Waals surface area contributed by atoms with Gasteiger partial charge >= 0.3 is 12.1 Å². The van der Waals surface area contributed by atoms with Gasteiger partial charge in [0.2, 0.25) is 0 Å². The minimum atomic E-state index is -1.58. The van der Waals surface area contributed by atoms with Crippen molar-refractivity contribution < 1.29 is 24.2 Å². The van der Waals surface area contributed by atoms with Crippen molar-refractivity contribution in [1.82, 2.24) is 0 Å². The van der Waals surface area contributed by atoms with Gasteiger partial charge in [0, 0.05) is 0 Å². The van der Waals surface area contributed by atoms with Crippen LogP contribution in [0, 0.1) is 0 Å². The zero-order chi connectivity index (χ0) is 14.6. The summed E-state index contributed by atoms with van der Waals surface area (Å²) in [7, 11) is 0. The number of Topliss-reactive ketones (excluding diaryl/α,β-unsaturated/α-hetero) is 1. The Labute approximate surface area is 110 Å². The van der Waals surface area contributed by atoms with Crippen molar-refractivity contribution in [1.29, 1.82) is 0 Å². The normalized spacial score (nSPS) is 10.7. The van der Waals surface area contributed by atoms with Crippen LogP contribution in [0.25, 0.3) is 0 Å². The number of carbonyl (C=O) groups excluding carboxylic acids is 2. The zero-order valence-corrected chi connectivity index (χ0v) is 10.9. The van der Waals surface area contributed by atoms with Gasteiger partial charge in [-0.25, -0.2) is 9.59 Å². The summed E-state index contributed by atoms with van der Waals surface area (Å²) < 4.78 is 5.03. The maximum atomic E-state index is 11.6. The summed E-state index contributed by atoms with van der Waals surface area (Å²) in [6.45, 7) is 5.09. The van der Waals surface area contributed by atoms with Crippen LogP contribution in [-0.2, 0) is 9.53 Å². The average molecular weight is 265 g/mol. The van der Waals surface area contributed by atoms with Crippen molar-refractivity contribution in [3.05, 3.63) is 29.8 Å². The highest BCUT2D eigenvalue weighted by Gasteiger charge is 2.21. The first kappa shape index (κ1) is 14.7. The van der Waals surface area contributed by atoms with Crippen LogP contribution in [-0.4, -0.2) is 28.6 Å². The molecular formula is C13H15NO5. The van der Waals surface area contributed by atoms with E-state index >= 15 is 0 Å². The summed E-state index contributed by atoms with van der Waals surface area (Å²) in [5.41, 5.74) is -0.680. The first-order valence-corrected chi connectivity index (χ1v) is 5.57. The molecule has 6 heteroatoms. The van der Waals surface area contributed by atoms with Crippen LogP contribution in [0.4, 0.5) is 10.5 Å². The van der Waals surface area contributed by atoms with Gasteiger partial charge in [-0.1, -0.05) is 12.1 Å². The molecule has 0 saturated carbocycles. The van der Waals surface area contributed by atoms with Gasteiger partial charge in [-0.05, 0) is 32.9 Å². The van der Waals surface area contributed by atoms with Crippen LogP contribution in [0.5, 0.6) is 0 Å². The van der Waals surface area contributed by atoms with Gasteiger partial charge in [0.25, 0.3) is 5.78 Å². The number of carboxylic acid groups (broad SMARTS) is 1. The Bertz CT molecular complexity index is 516. The smallest absolute Gasteiger partial charge is 0.412 e. The number of ketones is 1. The quantitative estimate of drug-likeness (QED) is 0.646. The van der Waals surface area contributed by atoms with Crippen LogP contribution in [0.1, 0.15) is 31.1 Å². The SMILES string of the molecule is CC(C)(C)OC(=O)Nc1ccccc1C(=O)C(=O)O. The number of anilines is 1. The van der Waals surface area contributed by atoms with E-state index in [1.165, 1.54) is 18.2 Å². The molecule has 0 aliphatic carbocycles. The second kappa shape index (κ2) is 5.51. The molecule has 0 fully saturated rings. The maximum Gasteiger partial charge on any atom is 0.412 e. The molecule has 2 N–H and O–H groups in total. The molecule has 0 unspecified atom stereocenters. The van der Waals surface area contributed by atoms with Crippen molar-refractivity contribution in [2.45, 2.75) is 26.4 Å². The molecule has 1 aromatic carbocycles. The Morgan fingerprint density at radius 2 is 1.74 bits per heavy atom. The predicted molar refractivity (Wildman–Crippen MR) is 68.3 cm³/mol. The van der Waals surface area contributed by atoms with Crippen molar-refractivity contribution in [3.63, 3.8) is 0 Å². The van der Waals surface area contributed by atoms with E-state index < -0.39 is 23.4 Å². The number of hydrogen-bond donors (Lipinski definition) is 2. The third-order valence-electron chi connectivity index (χ3n) is 2.00. The second-order valence-corrected chi connectivity index (χ2v) is 4.81. The molecule has 0 aromatic heterocycles. The third kappa shape index (κ3) is 4.42. The van der Waals surface area contributed by atoms with E-state index in [2.05, 4.69) is 5.32 Å². The number of benzene rings is 1. The Morgan fingerprint density at radius 1 is 1.16 bits per heavy atom. The number of ether oxygens (including phenoxy) is 1. The number of amides is 1. The van der Waals surface area contributed by atoms with E-state index in [1.807, 2.05) is 0 Å². The average Bonchev–Trinajstić information content (AvgIpc) is 2.26. The zero-order valence-electron chi connectivity index (χ0n) is 10.9. The number of nitrogens with one attached hydrogen (secondary N) is 1. The summed E-state index contributed by atoms with van der Waals surface area (Å²) in [6, 6.07) is 5.84. The molecule has 1 rings (SSSR count). The molecule has 6 nitrogen and oxygen atoms in total. The Kier molecular flexibility index (Phi) is 4.26. The van der Waals surface area contributed by atoms with Crippen LogP contribution in [0.15, 0.2) is 24.3 Å². The van der Waals surface area contributed by atoms with E-state index in [-0.39, 0.29) is 11.3 Å². The second-order valence-electron chi connectivity index (χ2n) is 4.81. The molecule has 1 aromatic rings. The molecule has 0 aliphatic heterocycles. The molecule has 0 aliphatic rings. The van der Waals surface area contributed by atoms with E-state index in [0.29, 0.717) is 0 Å². The number of aliphatic carboxylic acids is 1. The summed E-state index contributed by atoms with van der Waals surface area (Å²) in [5.74, 6) is -2.68. The van der Waals surface area contributed by atoms with E-state index in [9.17, 15) is 14.4 Å². The molecule has 0 spiro atoms. The lowest BCUT2D eigenvalue weighted by Gasteiger charge is -2.20. The minimum absolute atomic E-state index is 0.0964. The molecule has 0 bridgehead atoms. The van der Waals surface area contributed by atoms with Crippen LogP contribution in [0.3, 0.4) is 0 Å². The molecule has 0 atom stereocenters. The summed E-state index contributed by atoms with van der Waals surface area (Å²) in [4.78, 5) is 33.7. The highest BCUT2D eigenvalue weighted by atomic mass is 16.6. The van der Waals surface area contributed by atoms with Crippen molar-refractivity contribution in [2.75, 3.05) is 5.32 Å². The highest BCUT2D eigenvalue weighted by Crippen LogP contribution is 2.17. The first-order chi connectivity index (χ1) is 8.70. The van der Waals surface area contributed by atoms with Gasteiger partial charge in [-0.2, -0.15) is 0 Å². The lowest BCUT2D eigenvalue weighted by molar-refractivity contribution is -0.131. The van der Waals surface area contributed by atoms with Crippen LogP contribution in [0.2, 0.25) is 0 Å². The van der Waals surface area contributed by atoms with Gasteiger partial charge in [-0.3, -0.25) is 10.1 Å². The molecule has 102 valence electrons. The largest absolute Gasteiger partial charge is 0.475 e. The number of para-hydroxylation sites is 1. The van der Waals surface area contributed by atoms with Gasteiger partial charge in [0.1, 0.15) is 5.60 Å². The Morgan fingerprint density at radius 3 is 2.26 bits per heavy atom. The Balaban J connectivity index is 2.93. The molecule has 1 amide bonds. The maximum absolute atomic E-state index is 11.6. The molecular weight excluding hydrogens is 250 g/mol. The predicted octanol–water partition coefficient (Wildman–Crippen LogP) is 2.30. The standard InChI is InChI=1S/C13H15NO5/c1-13(2,3)19-12(18)14-9-7-5-4-6-8(9)10(15)11(16)17/h4-7H,1-3H3,(H,14,18)(H,16,17). The fourth-order valence-corrected chi connectivity index (χ4v) is 1.32. The van der Waals surface area contributed by atoms with E-state index in [4.69, 9.17) is 9.84 Å². The fraction of sp³-hybridized carbons (Fsp3) is 0.308. The molecule has 0 radical (unpaired) electrons. The summed E-state index contributed by atoms with van der Waals surface area (Å²) in [6.07, 6.45) is -0.752. The number of carboxylic acids is 1. The summed E-state index contributed by atoms with van der Waals surface area (Å²) in [5, 5.41) is 11.0. The third-order valence-corrected chi connectivity index (χ3v) is 2.00. The van der Waals surface area contributed by atoms with Crippen LogP contribution < -0.4 is 5.32 Å². The molecule has 19 heavy (non-hydrogen) atoms. The molecule has 0 heterocycles. The number of rotatable bonds is 3. The monoisotopic (exact) mass is 265 g/mol. The van der Waals surface area contributed by atoms with Crippen LogP contribution >= 0.6 is 0 Å². The van der Waals surface area contributed by atoms with Crippen molar-refractivity contribution in [2.24, 2.45) is 0 Å². The highest BCUT2D eigenvalue weighted by molar-refractivity contribution is 6.41. The number of carbonyl (C=O) groups is 3. The topological polar surface area (TPSA) is 92.7 Å². The first-order valence-electron chi connectivity index (χ1n) is 5.57. The van der Waals surface area contributed by atoms with E-state index in [1.54, 1.807) is 26.8 Å². The van der Waals surface area contributed by atoms with E-state index in [0.717, 1.165) is 0 Å². The lowest BCUT2D eigenvalue weighted by atomic mass is 10.1. The van der Waals surface area contributed by atoms with Gasteiger partial charge in [0.15, 0.2) is 0 Å². The van der Waals surface area contributed by atoms with Gasteiger partial charge < -0.3 is 9.84 Å². The van der Waals surface area contributed by atoms with Gasteiger partial charge in [-0.15, -0.1) is 0 Å². The minimum Gasteiger partial charge on any atom is -0.475 e. The lowest BCUT2D eigenvalue weighted by Crippen LogP contribution is -2.28. The van der Waals surface area contributed by atoms with Crippen molar-refractivity contribution in [3.8, 4) is 0 Å².